The lowest BCUT2D eigenvalue weighted by atomic mass is 9.56. The van der Waals surface area contributed by atoms with Crippen LogP contribution in [0.3, 0.4) is 0 Å². The summed E-state index contributed by atoms with van der Waals surface area (Å²) in [5, 5.41) is 1.68. The van der Waals surface area contributed by atoms with Crippen LogP contribution in [0.25, 0.3) is 21.9 Å². The molecule has 4 aromatic rings. The molecule has 6 heteroatoms. The molecule has 4 atom stereocenters. The summed E-state index contributed by atoms with van der Waals surface area (Å²) in [5.74, 6) is 0.727. The van der Waals surface area contributed by atoms with Gasteiger partial charge in [0.15, 0.2) is 0 Å². The van der Waals surface area contributed by atoms with E-state index in [9.17, 15) is 9.59 Å². The van der Waals surface area contributed by atoms with Crippen LogP contribution in [0.4, 0.5) is 0 Å². The van der Waals surface area contributed by atoms with Crippen molar-refractivity contribution in [3.63, 3.8) is 0 Å². The quantitative estimate of drug-likeness (QED) is 0.280. The highest BCUT2D eigenvalue weighted by atomic mass is 16.5. The fourth-order valence-electron chi connectivity index (χ4n) is 7.39. The molecule has 3 aliphatic rings. The SMILES string of the molecule is Cc1cccc2oc(=O)c3c(c12)OC(C)(C)[C@@H]1[C@@H]3C[C@]2(C)C[C@@H]1c1c(c3c(C)cccc3oc1=O)O2. The van der Waals surface area contributed by atoms with Gasteiger partial charge in [0.2, 0.25) is 0 Å². The molecular formula is C30H28O6. The minimum absolute atomic E-state index is 0.130. The Morgan fingerprint density at radius 2 is 1.19 bits per heavy atom. The fraction of sp³-hybridized carbons (Fsp3) is 0.400. The Morgan fingerprint density at radius 1 is 0.722 bits per heavy atom. The minimum Gasteiger partial charge on any atom is -0.486 e. The number of benzene rings is 2. The van der Waals surface area contributed by atoms with Gasteiger partial charge >= 0.3 is 11.3 Å². The average molecular weight is 485 g/mol. The van der Waals surface area contributed by atoms with E-state index in [2.05, 4.69) is 20.8 Å². The van der Waals surface area contributed by atoms with Gasteiger partial charge in [-0.1, -0.05) is 24.3 Å². The highest BCUT2D eigenvalue weighted by Gasteiger charge is 2.59. The van der Waals surface area contributed by atoms with E-state index in [1.54, 1.807) is 6.07 Å². The van der Waals surface area contributed by atoms with Crippen molar-refractivity contribution in [1.29, 1.82) is 0 Å². The van der Waals surface area contributed by atoms with Crippen LogP contribution in [0.1, 0.15) is 67.7 Å². The van der Waals surface area contributed by atoms with E-state index >= 15 is 0 Å². The van der Waals surface area contributed by atoms with Crippen LogP contribution in [0.15, 0.2) is 54.8 Å². The molecule has 184 valence electrons. The van der Waals surface area contributed by atoms with Crippen molar-refractivity contribution < 1.29 is 18.3 Å². The van der Waals surface area contributed by atoms with E-state index in [0.29, 0.717) is 46.6 Å². The Bertz CT molecular complexity index is 1620. The molecule has 2 aromatic heterocycles. The monoisotopic (exact) mass is 484 g/mol. The zero-order valence-electron chi connectivity index (χ0n) is 21.1. The molecule has 1 aliphatic carbocycles. The first-order valence-electron chi connectivity index (χ1n) is 12.6. The minimum atomic E-state index is -0.644. The largest absolute Gasteiger partial charge is 0.486 e. The molecule has 2 aromatic carbocycles. The lowest BCUT2D eigenvalue weighted by molar-refractivity contribution is -0.0807. The predicted octanol–water partition coefficient (Wildman–Crippen LogP) is 6.12. The van der Waals surface area contributed by atoms with Crippen molar-refractivity contribution in [2.24, 2.45) is 5.92 Å². The normalized spacial score (nSPS) is 27.5. The van der Waals surface area contributed by atoms with E-state index < -0.39 is 11.2 Å². The van der Waals surface area contributed by atoms with Crippen LogP contribution in [0.5, 0.6) is 11.5 Å². The molecule has 0 N–H and O–H groups in total. The molecule has 2 aliphatic heterocycles. The summed E-state index contributed by atoms with van der Waals surface area (Å²) in [6.45, 7) is 10.2. The standard InChI is InChI=1S/C30H28O6/c1-14-8-6-10-18-20(14)25-22(27(31)33-18)16-12-30(5)13-17(24(16)29(3,4)35-25)23-26(36-30)21-15(2)9-7-11-19(21)34-28(23)32/h6-11,16-17,24H,12-13H2,1-5H3/t16-,17-,24-,30-/m1/s1. The van der Waals surface area contributed by atoms with Gasteiger partial charge in [-0.25, -0.2) is 9.59 Å². The van der Waals surface area contributed by atoms with E-state index in [1.807, 2.05) is 44.2 Å². The Labute approximate surface area is 207 Å². The van der Waals surface area contributed by atoms with E-state index in [4.69, 9.17) is 18.3 Å². The Balaban J connectivity index is 1.53. The van der Waals surface area contributed by atoms with Gasteiger partial charge in [-0.15, -0.1) is 0 Å². The summed E-state index contributed by atoms with van der Waals surface area (Å²) in [6, 6.07) is 11.4. The van der Waals surface area contributed by atoms with Gasteiger partial charge in [-0.2, -0.15) is 0 Å². The molecule has 1 saturated carbocycles. The third-order valence-corrected chi connectivity index (χ3v) is 8.69. The average Bonchev–Trinajstić information content (AvgIpc) is 2.77. The number of rotatable bonds is 0. The van der Waals surface area contributed by atoms with Crippen molar-refractivity contribution >= 4 is 21.9 Å². The number of ether oxygens (including phenoxy) is 2. The second-order valence-electron chi connectivity index (χ2n) is 11.6. The first kappa shape index (κ1) is 21.7. The maximum absolute atomic E-state index is 13.4. The Kier molecular flexibility index (Phi) is 4.11. The second-order valence-corrected chi connectivity index (χ2v) is 11.6. The maximum atomic E-state index is 13.4. The zero-order valence-corrected chi connectivity index (χ0v) is 21.1. The number of hydrogen-bond acceptors (Lipinski definition) is 6. The van der Waals surface area contributed by atoms with Crippen molar-refractivity contribution in [3.05, 3.63) is 79.5 Å². The van der Waals surface area contributed by atoms with E-state index in [1.165, 1.54) is 0 Å². The Hall–Kier alpha value is -3.54. The predicted molar refractivity (Wildman–Crippen MR) is 136 cm³/mol. The molecule has 6 nitrogen and oxygen atoms in total. The Morgan fingerprint density at radius 3 is 1.69 bits per heavy atom. The van der Waals surface area contributed by atoms with Crippen LogP contribution in [-0.4, -0.2) is 11.2 Å². The summed E-state index contributed by atoms with van der Waals surface area (Å²) in [6.07, 6.45) is 1.28. The fourth-order valence-corrected chi connectivity index (χ4v) is 7.39. The highest BCUT2D eigenvalue weighted by molar-refractivity contribution is 5.89. The first-order valence-corrected chi connectivity index (χ1v) is 12.6. The van der Waals surface area contributed by atoms with Crippen molar-refractivity contribution in [2.75, 3.05) is 0 Å². The van der Waals surface area contributed by atoms with Gasteiger partial charge in [0.25, 0.3) is 0 Å². The lowest BCUT2D eigenvalue weighted by Crippen LogP contribution is -2.58. The molecule has 1 fully saturated rings. The van der Waals surface area contributed by atoms with Crippen molar-refractivity contribution in [1.82, 2.24) is 0 Å². The summed E-state index contributed by atoms with van der Waals surface area (Å²) < 4.78 is 25.1. The summed E-state index contributed by atoms with van der Waals surface area (Å²) in [7, 11) is 0. The molecule has 36 heavy (non-hydrogen) atoms. The van der Waals surface area contributed by atoms with Crippen molar-refractivity contribution in [3.8, 4) is 11.5 Å². The summed E-state index contributed by atoms with van der Waals surface area (Å²) in [5.41, 5.74) is 2.22. The molecule has 0 saturated heterocycles. The molecule has 7 rings (SSSR count). The topological polar surface area (TPSA) is 78.9 Å². The van der Waals surface area contributed by atoms with Gasteiger partial charge < -0.3 is 18.3 Å². The lowest BCUT2D eigenvalue weighted by Gasteiger charge is -2.56. The molecule has 2 bridgehead atoms. The van der Waals surface area contributed by atoms with Crippen LogP contribution in [0, 0.1) is 19.8 Å². The van der Waals surface area contributed by atoms with Gasteiger partial charge in [0, 0.05) is 17.8 Å². The van der Waals surface area contributed by atoms with Crippen molar-refractivity contribution in [2.45, 2.75) is 70.5 Å². The molecular weight excluding hydrogens is 456 g/mol. The van der Waals surface area contributed by atoms with Gasteiger partial charge in [-0.3, -0.25) is 0 Å². The van der Waals surface area contributed by atoms with Gasteiger partial charge in [0.05, 0.1) is 21.9 Å². The number of hydrogen-bond donors (Lipinski definition) is 0. The zero-order chi connectivity index (χ0) is 25.1. The second kappa shape index (κ2) is 6.81. The first-order chi connectivity index (χ1) is 17.1. The smallest absolute Gasteiger partial charge is 0.343 e. The third kappa shape index (κ3) is 2.73. The molecule has 0 radical (unpaired) electrons. The highest BCUT2D eigenvalue weighted by Crippen LogP contribution is 2.62. The third-order valence-electron chi connectivity index (χ3n) is 8.69. The molecule has 4 heterocycles. The van der Waals surface area contributed by atoms with Crippen LogP contribution in [0.2, 0.25) is 0 Å². The summed E-state index contributed by atoms with van der Waals surface area (Å²) in [4.78, 5) is 26.9. The van der Waals surface area contributed by atoms with Gasteiger partial charge in [0.1, 0.15) is 33.9 Å². The van der Waals surface area contributed by atoms with E-state index in [0.717, 1.165) is 21.9 Å². The van der Waals surface area contributed by atoms with Crippen LogP contribution in [-0.2, 0) is 0 Å². The maximum Gasteiger partial charge on any atom is 0.343 e. The van der Waals surface area contributed by atoms with Gasteiger partial charge in [-0.05, 0) is 70.7 Å². The summed E-state index contributed by atoms with van der Waals surface area (Å²) >= 11 is 0. The van der Waals surface area contributed by atoms with Crippen LogP contribution >= 0.6 is 0 Å². The molecule has 0 spiro atoms. The number of aryl methyl sites for hydroxylation is 2. The number of fused-ring (bicyclic) bond motifs is 12. The molecule has 0 unspecified atom stereocenters. The van der Waals surface area contributed by atoms with E-state index in [-0.39, 0.29) is 29.0 Å². The molecule has 0 amide bonds. The van der Waals surface area contributed by atoms with Crippen LogP contribution < -0.4 is 20.7 Å².